The first kappa shape index (κ1) is 12.8. The van der Waals surface area contributed by atoms with E-state index in [1.807, 2.05) is 0 Å². The lowest BCUT2D eigenvalue weighted by Gasteiger charge is -2.46. The second-order valence-corrected chi connectivity index (χ2v) is 5.51. The number of amides is 1. The number of rotatable bonds is 3. The van der Waals surface area contributed by atoms with Crippen molar-refractivity contribution >= 4 is 5.91 Å². The van der Waals surface area contributed by atoms with Gasteiger partial charge in [0, 0.05) is 19.1 Å². The Balaban J connectivity index is 1.87. The molecule has 0 aliphatic carbocycles. The van der Waals surface area contributed by atoms with Crippen LogP contribution in [0.5, 0.6) is 0 Å². The van der Waals surface area contributed by atoms with Gasteiger partial charge in [-0.15, -0.1) is 0 Å². The van der Waals surface area contributed by atoms with Gasteiger partial charge in [-0.2, -0.15) is 0 Å². The first-order chi connectivity index (χ1) is 8.08. The predicted octanol–water partition coefficient (Wildman–Crippen LogP) is -0.785. The molecule has 0 spiro atoms. The molecule has 5 heteroatoms. The summed E-state index contributed by atoms with van der Waals surface area (Å²) in [6.07, 6.45) is 3.78. The number of nitrogens with two attached hydrogens (primary N) is 2. The van der Waals surface area contributed by atoms with Crippen molar-refractivity contribution in [3.05, 3.63) is 0 Å². The Morgan fingerprint density at radius 3 is 2.88 bits per heavy atom. The lowest BCUT2D eigenvalue weighted by molar-refractivity contribution is -0.119. The van der Waals surface area contributed by atoms with E-state index in [0.29, 0.717) is 6.54 Å². The van der Waals surface area contributed by atoms with Gasteiger partial charge in [0.05, 0.1) is 6.04 Å². The Hall–Kier alpha value is -0.650. The van der Waals surface area contributed by atoms with Crippen molar-refractivity contribution in [1.29, 1.82) is 0 Å². The van der Waals surface area contributed by atoms with Crippen molar-refractivity contribution in [2.24, 2.45) is 17.4 Å². The van der Waals surface area contributed by atoms with E-state index in [0.717, 1.165) is 25.0 Å². The average Bonchev–Trinajstić information content (AvgIpc) is 2.29. The first-order valence-corrected chi connectivity index (χ1v) is 6.55. The monoisotopic (exact) mass is 240 g/mol. The minimum absolute atomic E-state index is 0.395. The Morgan fingerprint density at radius 2 is 2.18 bits per heavy atom. The SMILES string of the molecule is CN1CCCC2CN(CC(N)C(N)=O)CCC21. The maximum absolute atomic E-state index is 11.0. The molecule has 0 saturated carbocycles. The Morgan fingerprint density at radius 1 is 1.41 bits per heavy atom. The zero-order valence-corrected chi connectivity index (χ0v) is 10.6. The summed E-state index contributed by atoms with van der Waals surface area (Å²) >= 11 is 0. The maximum Gasteiger partial charge on any atom is 0.235 e. The Bertz CT molecular complexity index is 284. The van der Waals surface area contributed by atoms with Crippen molar-refractivity contribution < 1.29 is 4.79 Å². The molecule has 2 aliphatic heterocycles. The second-order valence-electron chi connectivity index (χ2n) is 5.51. The van der Waals surface area contributed by atoms with E-state index in [9.17, 15) is 4.79 Å². The maximum atomic E-state index is 11.0. The molecule has 0 aromatic rings. The number of hydrogen-bond donors (Lipinski definition) is 2. The molecule has 17 heavy (non-hydrogen) atoms. The molecule has 2 heterocycles. The van der Waals surface area contributed by atoms with Crippen LogP contribution < -0.4 is 11.5 Å². The van der Waals surface area contributed by atoms with E-state index < -0.39 is 11.9 Å². The summed E-state index contributed by atoms with van der Waals surface area (Å²) in [6, 6.07) is 0.206. The molecule has 5 nitrogen and oxygen atoms in total. The quantitative estimate of drug-likeness (QED) is 0.678. The molecule has 0 bridgehead atoms. The summed E-state index contributed by atoms with van der Waals surface area (Å²) in [5.74, 6) is 0.343. The van der Waals surface area contributed by atoms with Crippen LogP contribution in [0.25, 0.3) is 0 Å². The van der Waals surface area contributed by atoms with E-state index in [1.165, 1.54) is 25.8 Å². The lowest BCUT2D eigenvalue weighted by Crippen LogP contribution is -2.55. The van der Waals surface area contributed by atoms with Crippen molar-refractivity contribution in [3.8, 4) is 0 Å². The van der Waals surface area contributed by atoms with Crippen molar-refractivity contribution in [2.45, 2.75) is 31.3 Å². The van der Waals surface area contributed by atoms with Crippen LogP contribution in [0.4, 0.5) is 0 Å². The molecule has 2 fully saturated rings. The van der Waals surface area contributed by atoms with Gasteiger partial charge in [0.15, 0.2) is 0 Å². The highest BCUT2D eigenvalue weighted by Crippen LogP contribution is 2.29. The molecule has 0 aromatic heterocycles. The highest BCUT2D eigenvalue weighted by molar-refractivity contribution is 5.79. The molecule has 1 amide bonds. The molecule has 98 valence electrons. The van der Waals surface area contributed by atoms with Gasteiger partial charge < -0.3 is 21.3 Å². The van der Waals surface area contributed by atoms with Gasteiger partial charge in [0.2, 0.25) is 5.91 Å². The Kier molecular flexibility index (Phi) is 4.01. The van der Waals surface area contributed by atoms with Crippen LogP contribution in [0.2, 0.25) is 0 Å². The summed E-state index contributed by atoms with van der Waals surface area (Å²) < 4.78 is 0. The van der Waals surface area contributed by atoms with Crippen molar-refractivity contribution in [3.63, 3.8) is 0 Å². The average molecular weight is 240 g/mol. The molecule has 2 saturated heterocycles. The van der Waals surface area contributed by atoms with E-state index in [1.54, 1.807) is 0 Å². The van der Waals surface area contributed by atoms with E-state index >= 15 is 0 Å². The summed E-state index contributed by atoms with van der Waals surface area (Å²) in [4.78, 5) is 15.8. The first-order valence-electron chi connectivity index (χ1n) is 6.55. The van der Waals surface area contributed by atoms with Gasteiger partial charge in [0.25, 0.3) is 0 Å². The molecule has 3 atom stereocenters. The zero-order valence-electron chi connectivity index (χ0n) is 10.6. The van der Waals surface area contributed by atoms with Gasteiger partial charge in [-0.1, -0.05) is 0 Å². The third-order valence-electron chi connectivity index (χ3n) is 4.25. The largest absolute Gasteiger partial charge is 0.368 e. The van der Waals surface area contributed by atoms with Crippen LogP contribution in [-0.4, -0.2) is 61.0 Å². The molecule has 3 unspecified atom stereocenters. The summed E-state index contributed by atoms with van der Waals surface area (Å²) in [7, 11) is 2.22. The zero-order chi connectivity index (χ0) is 12.4. The molecular formula is C12H24N4O. The highest BCUT2D eigenvalue weighted by atomic mass is 16.1. The normalized spacial score (nSPS) is 33.1. The third-order valence-corrected chi connectivity index (χ3v) is 4.25. The number of hydrogen-bond acceptors (Lipinski definition) is 4. The van der Waals surface area contributed by atoms with E-state index in [-0.39, 0.29) is 0 Å². The van der Waals surface area contributed by atoms with Crippen molar-refractivity contribution in [2.75, 3.05) is 33.2 Å². The van der Waals surface area contributed by atoms with Crippen LogP contribution >= 0.6 is 0 Å². The molecule has 4 N–H and O–H groups in total. The van der Waals surface area contributed by atoms with Crippen LogP contribution in [0.3, 0.4) is 0 Å². The van der Waals surface area contributed by atoms with Gasteiger partial charge in [-0.3, -0.25) is 4.79 Å². The minimum atomic E-state index is -0.520. The number of likely N-dealkylation sites (tertiary alicyclic amines) is 2. The van der Waals surface area contributed by atoms with Crippen LogP contribution in [-0.2, 0) is 4.79 Å². The number of nitrogens with zero attached hydrogens (tertiary/aromatic N) is 2. The standard InChI is InChI=1S/C12H24N4O/c1-15-5-2-3-9-7-16(6-4-11(9)15)8-10(13)12(14)17/h9-11H,2-8,13H2,1H3,(H2,14,17). The second kappa shape index (κ2) is 5.33. The number of fused-ring (bicyclic) bond motifs is 1. The number of carbonyl (C=O) groups is 1. The van der Waals surface area contributed by atoms with Crippen LogP contribution in [0.15, 0.2) is 0 Å². The highest BCUT2D eigenvalue weighted by Gasteiger charge is 2.34. The Labute approximate surface area is 103 Å². The molecular weight excluding hydrogens is 216 g/mol. The molecule has 2 aliphatic rings. The fourth-order valence-electron chi connectivity index (χ4n) is 3.26. The van der Waals surface area contributed by atoms with E-state index in [2.05, 4.69) is 16.8 Å². The smallest absolute Gasteiger partial charge is 0.235 e. The number of piperidine rings is 2. The molecule has 0 radical (unpaired) electrons. The summed E-state index contributed by atoms with van der Waals surface area (Å²) in [6.45, 7) is 3.94. The molecule has 2 rings (SSSR count). The predicted molar refractivity (Wildman–Crippen MR) is 67.4 cm³/mol. The summed E-state index contributed by atoms with van der Waals surface area (Å²) in [5, 5.41) is 0. The van der Waals surface area contributed by atoms with E-state index in [4.69, 9.17) is 11.5 Å². The van der Waals surface area contributed by atoms with Gasteiger partial charge in [0.1, 0.15) is 0 Å². The number of carbonyl (C=O) groups excluding carboxylic acids is 1. The van der Waals surface area contributed by atoms with Crippen molar-refractivity contribution in [1.82, 2.24) is 9.80 Å². The van der Waals surface area contributed by atoms with Gasteiger partial charge in [-0.25, -0.2) is 0 Å². The topological polar surface area (TPSA) is 75.6 Å². The fourth-order valence-corrected chi connectivity index (χ4v) is 3.26. The van der Waals surface area contributed by atoms with Crippen LogP contribution in [0, 0.1) is 5.92 Å². The fraction of sp³-hybridized carbons (Fsp3) is 0.917. The number of primary amides is 1. The third kappa shape index (κ3) is 2.97. The lowest BCUT2D eigenvalue weighted by atomic mass is 9.84. The minimum Gasteiger partial charge on any atom is -0.368 e. The van der Waals surface area contributed by atoms with Gasteiger partial charge >= 0.3 is 0 Å². The van der Waals surface area contributed by atoms with Crippen LogP contribution in [0.1, 0.15) is 19.3 Å². The summed E-state index contributed by atoms with van der Waals surface area (Å²) in [5.41, 5.74) is 10.9. The van der Waals surface area contributed by atoms with Gasteiger partial charge in [-0.05, 0) is 45.3 Å². The molecule has 0 aromatic carbocycles.